The number of aliphatic hydroxyl groups is 1. The molecule has 82 valence electrons. The normalized spacial score (nSPS) is 28.4. The Hall–Kier alpha value is -0.340. The second-order valence-corrected chi connectivity index (χ2v) is 4.53. The number of hydrogen-bond acceptors (Lipinski definition) is 2. The molecule has 1 saturated heterocycles. The molecule has 0 radical (unpaired) electrons. The van der Waals surface area contributed by atoms with Gasteiger partial charge in [-0.2, -0.15) is 0 Å². The average molecular weight is 197 g/mol. The van der Waals surface area contributed by atoms with E-state index in [9.17, 15) is 5.11 Å². The van der Waals surface area contributed by atoms with Crippen molar-refractivity contribution in [1.29, 1.82) is 0 Å². The number of piperidine rings is 1. The van der Waals surface area contributed by atoms with Gasteiger partial charge in [-0.1, -0.05) is 13.0 Å². The van der Waals surface area contributed by atoms with Crippen LogP contribution in [0, 0.1) is 5.92 Å². The van der Waals surface area contributed by atoms with Crippen LogP contribution in [0.4, 0.5) is 0 Å². The van der Waals surface area contributed by atoms with Crippen LogP contribution in [0.15, 0.2) is 12.7 Å². The Bertz CT molecular complexity index is 181. The zero-order valence-corrected chi connectivity index (χ0v) is 9.45. The van der Waals surface area contributed by atoms with Crippen molar-refractivity contribution in [1.82, 2.24) is 4.90 Å². The number of likely N-dealkylation sites (tertiary alicyclic amines) is 1. The summed E-state index contributed by atoms with van der Waals surface area (Å²) < 4.78 is 0. The second kappa shape index (κ2) is 5.52. The van der Waals surface area contributed by atoms with Gasteiger partial charge < -0.3 is 5.11 Å². The summed E-state index contributed by atoms with van der Waals surface area (Å²) in [5.74, 6) is 0.637. The van der Waals surface area contributed by atoms with E-state index in [1.54, 1.807) is 0 Å². The third-order valence-electron chi connectivity index (χ3n) is 3.37. The molecule has 0 aromatic rings. The van der Waals surface area contributed by atoms with Crippen molar-refractivity contribution >= 4 is 0 Å². The SMILES string of the molecule is C=CCC(C)C(C)N1CCCC(O)C1. The molecule has 1 fully saturated rings. The van der Waals surface area contributed by atoms with Gasteiger partial charge in [-0.15, -0.1) is 6.58 Å². The third-order valence-corrected chi connectivity index (χ3v) is 3.37. The largest absolute Gasteiger partial charge is 0.392 e. The molecule has 0 bridgehead atoms. The summed E-state index contributed by atoms with van der Waals surface area (Å²) in [6, 6.07) is 0.558. The van der Waals surface area contributed by atoms with Crippen molar-refractivity contribution in [2.75, 3.05) is 13.1 Å². The van der Waals surface area contributed by atoms with Gasteiger partial charge in [0.1, 0.15) is 0 Å². The molecule has 14 heavy (non-hydrogen) atoms. The maximum Gasteiger partial charge on any atom is 0.0667 e. The van der Waals surface area contributed by atoms with E-state index in [4.69, 9.17) is 0 Å². The first-order valence-electron chi connectivity index (χ1n) is 5.68. The molecule has 1 aliphatic heterocycles. The van der Waals surface area contributed by atoms with Gasteiger partial charge in [0.25, 0.3) is 0 Å². The van der Waals surface area contributed by atoms with Crippen LogP contribution in [0.25, 0.3) is 0 Å². The van der Waals surface area contributed by atoms with Gasteiger partial charge in [-0.3, -0.25) is 4.90 Å². The first kappa shape index (κ1) is 11.7. The van der Waals surface area contributed by atoms with E-state index in [-0.39, 0.29) is 6.10 Å². The molecule has 1 N–H and O–H groups in total. The predicted molar refractivity (Wildman–Crippen MR) is 60.3 cm³/mol. The van der Waals surface area contributed by atoms with E-state index >= 15 is 0 Å². The minimum atomic E-state index is -0.109. The summed E-state index contributed by atoms with van der Waals surface area (Å²) >= 11 is 0. The second-order valence-electron chi connectivity index (χ2n) is 4.53. The molecular formula is C12H23NO. The highest BCUT2D eigenvalue weighted by Gasteiger charge is 2.24. The molecule has 0 aliphatic carbocycles. The third kappa shape index (κ3) is 3.10. The highest BCUT2D eigenvalue weighted by molar-refractivity contribution is 4.82. The predicted octanol–water partition coefficient (Wildman–Crippen LogP) is 2.04. The molecule has 1 rings (SSSR count). The number of hydrogen-bond donors (Lipinski definition) is 1. The smallest absolute Gasteiger partial charge is 0.0667 e. The Kier molecular flexibility index (Phi) is 4.63. The summed E-state index contributed by atoms with van der Waals surface area (Å²) in [4.78, 5) is 2.41. The minimum absolute atomic E-state index is 0.109. The molecule has 3 atom stereocenters. The van der Waals surface area contributed by atoms with Gasteiger partial charge in [0.15, 0.2) is 0 Å². The van der Waals surface area contributed by atoms with Crippen molar-refractivity contribution in [2.24, 2.45) is 5.92 Å². The van der Waals surface area contributed by atoms with Crippen molar-refractivity contribution in [3.05, 3.63) is 12.7 Å². The molecule has 0 amide bonds. The summed E-state index contributed by atoms with van der Waals surface area (Å²) in [5, 5.41) is 9.58. The van der Waals surface area contributed by atoms with Gasteiger partial charge >= 0.3 is 0 Å². The molecule has 3 unspecified atom stereocenters. The van der Waals surface area contributed by atoms with Gasteiger partial charge in [0, 0.05) is 12.6 Å². The van der Waals surface area contributed by atoms with Crippen LogP contribution in [-0.4, -0.2) is 35.2 Å². The molecular weight excluding hydrogens is 174 g/mol. The zero-order chi connectivity index (χ0) is 10.6. The summed E-state index contributed by atoms with van der Waals surface area (Å²) in [5.41, 5.74) is 0. The summed E-state index contributed by atoms with van der Waals surface area (Å²) in [6.45, 7) is 10.3. The lowest BCUT2D eigenvalue weighted by Crippen LogP contribution is -2.45. The quantitative estimate of drug-likeness (QED) is 0.697. The maximum absolute atomic E-state index is 9.58. The Morgan fingerprint density at radius 1 is 1.57 bits per heavy atom. The molecule has 0 spiro atoms. The lowest BCUT2D eigenvalue weighted by atomic mass is 9.96. The van der Waals surface area contributed by atoms with Crippen LogP contribution in [0.1, 0.15) is 33.1 Å². The molecule has 0 aromatic heterocycles. The van der Waals surface area contributed by atoms with E-state index < -0.39 is 0 Å². The van der Waals surface area contributed by atoms with Gasteiger partial charge in [-0.05, 0) is 38.6 Å². The number of β-amino-alcohol motifs (C(OH)–C–C–N with tert-alkyl or cyclic N) is 1. The highest BCUT2D eigenvalue weighted by atomic mass is 16.3. The van der Waals surface area contributed by atoms with Gasteiger partial charge in [0.2, 0.25) is 0 Å². The number of rotatable bonds is 4. The van der Waals surface area contributed by atoms with Crippen LogP contribution in [0.3, 0.4) is 0 Å². The molecule has 0 saturated carbocycles. The lowest BCUT2D eigenvalue weighted by molar-refractivity contribution is 0.0373. The van der Waals surface area contributed by atoms with E-state index in [0.29, 0.717) is 12.0 Å². The Labute approximate surface area is 87.6 Å². The molecule has 0 aromatic carbocycles. The Morgan fingerprint density at radius 2 is 2.29 bits per heavy atom. The number of aliphatic hydroxyl groups excluding tert-OH is 1. The van der Waals surface area contributed by atoms with E-state index in [1.807, 2.05) is 6.08 Å². The fourth-order valence-corrected chi connectivity index (χ4v) is 2.17. The average Bonchev–Trinajstić information content (AvgIpc) is 2.17. The zero-order valence-electron chi connectivity index (χ0n) is 9.45. The van der Waals surface area contributed by atoms with Crippen LogP contribution in [0.2, 0.25) is 0 Å². The Morgan fingerprint density at radius 3 is 2.86 bits per heavy atom. The molecule has 2 heteroatoms. The van der Waals surface area contributed by atoms with E-state index in [0.717, 1.165) is 32.4 Å². The van der Waals surface area contributed by atoms with Crippen molar-refractivity contribution in [2.45, 2.75) is 45.3 Å². The van der Waals surface area contributed by atoms with Crippen LogP contribution in [0.5, 0.6) is 0 Å². The van der Waals surface area contributed by atoms with Gasteiger partial charge in [0.05, 0.1) is 6.10 Å². The van der Waals surface area contributed by atoms with E-state index in [1.165, 1.54) is 0 Å². The first-order chi connectivity index (χ1) is 6.65. The van der Waals surface area contributed by atoms with Crippen molar-refractivity contribution in [3.63, 3.8) is 0 Å². The highest BCUT2D eigenvalue weighted by Crippen LogP contribution is 2.19. The monoisotopic (exact) mass is 197 g/mol. The van der Waals surface area contributed by atoms with Crippen molar-refractivity contribution < 1.29 is 5.11 Å². The molecule has 1 aliphatic rings. The molecule has 2 nitrogen and oxygen atoms in total. The lowest BCUT2D eigenvalue weighted by Gasteiger charge is -2.37. The van der Waals surface area contributed by atoms with Gasteiger partial charge in [-0.25, -0.2) is 0 Å². The topological polar surface area (TPSA) is 23.5 Å². The Balaban J connectivity index is 2.41. The van der Waals surface area contributed by atoms with Crippen molar-refractivity contribution in [3.8, 4) is 0 Å². The standard InChI is InChI=1S/C12H23NO/c1-4-6-10(2)11(3)13-8-5-7-12(14)9-13/h4,10-12,14H,1,5-9H2,2-3H3. The van der Waals surface area contributed by atoms with Crippen LogP contribution < -0.4 is 0 Å². The number of nitrogens with zero attached hydrogens (tertiary/aromatic N) is 1. The minimum Gasteiger partial charge on any atom is -0.392 e. The first-order valence-corrected chi connectivity index (χ1v) is 5.68. The number of allylic oxidation sites excluding steroid dienone is 1. The summed E-state index contributed by atoms with van der Waals surface area (Å²) in [7, 11) is 0. The van der Waals surface area contributed by atoms with Crippen LogP contribution >= 0.6 is 0 Å². The summed E-state index contributed by atoms with van der Waals surface area (Å²) in [6.07, 6.45) is 5.04. The molecule has 1 heterocycles. The van der Waals surface area contributed by atoms with Crippen LogP contribution in [-0.2, 0) is 0 Å². The maximum atomic E-state index is 9.58. The fraction of sp³-hybridized carbons (Fsp3) is 0.833. The fourth-order valence-electron chi connectivity index (χ4n) is 2.17. The van der Waals surface area contributed by atoms with E-state index in [2.05, 4.69) is 25.3 Å².